The SMILES string of the molecule is N#Cc1ccc([C@@H]2CCc3cncn32)cc1. The first-order chi connectivity index (χ1) is 7.88. The van der Waals surface area contributed by atoms with E-state index in [1.54, 1.807) is 0 Å². The minimum absolute atomic E-state index is 0.394. The topological polar surface area (TPSA) is 41.6 Å². The molecule has 3 heteroatoms. The van der Waals surface area contributed by atoms with Crippen LogP contribution < -0.4 is 0 Å². The highest BCUT2D eigenvalue weighted by Gasteiger charge is 2.22. The molecule has 2 aromatic rings. The number of aromatic nitrogens is 2. The second-order valence-corrected chi connectivity index (χ2v) is 4.08. The standard InChI is InChI=1S/C13H11N3/c14-7-10-1-3-11(4-2-10)13-6-5-12-8-15-9-16(12)13/h1-4,8-9,13H,5-6H2/t13-/m0/s1. The van der Waals surface area contributed by atoms with Crippen LogP contribution in [-0.4, -0.2) is 9.55 Å². The molecular weight excluding hydrogens is 198 g/mol. The molecule has 1 aromatic heterocycles. The predicted molar refractivity (Wildman–Crippen MR) is 59.8 cm³/mol. The summed E-state index contributed by atoms with van der Waals surface area (Å²) < 4.78 is 2.22. The van der Waals surface area contributed by atoms with Crippen LogP contribution >= 0.6 is 0 Å². The zero-order valence-electron chi connectivity index (χ0n) is 8.80. The van der Waals surface area contributed by atoms with Gasteiger partial charge in [-0.05, 0) is 30.5 Å². The molecule has 16 heavy (non-hydrogen) atoms. The van der Waals surface area contributed by atoms with Crippen molar-refractivity contribution in [2.75, 3.05) is 0 Å². The molecule has 3 nitrogen and oxygen atoms in total. The Morgan fingerprint density at radius 1 is 1.31 bits per heavy atom. The van der Waals surface area contributed by atoms with Gasteiger partial charge in [0.1, 0.15) is 0 Å². The van der Waals surface area contributed by atoms with E-state index in [1.165, 1.54) is 11.3 Å². The second kappa shape index (κ2) is 3.49. The number of rotatable bonds is 1. The summed E-state index contributed by atoms with van der Waals surface area (Å²) in [6.45, 7) is 0. The molecule has 0 fully saturated rings. The molecule has 1 atom stereocenters. The molecular formula is C13H11N3. The van der Waals surface area contributed by atoms with Gasteiger partial charge in [0.2, 0.25) is 0 Å². The lowest BCUT2D eigenvalue weighted by Gasteiger charge is -2.12. The van der Waals surface area contributed by atoms with Crippen LogP contribution in [0.3, 0.4) is 0 Å². The van der Waals surface area contributed by atoms with Gasteiger partial charge in [-0.2, -0.15) is 5.26 Å². The van der Waals surface area contributed by atoms with Gasteiger partial charge < -0.3 is 4.57 Å². The summed E-state index contributed by atoms with van der Waals surface area (Å²) in [5.41, 5.74) is 3.28. The summed E-state index contributed by atoms with van der Waals surface area (Å²) in [5, 5.41) is 8.75. The van der Waals surface area contributed by atoms with E-state index in [1.807, 2.05) is 36.8 Å². The Kier molecular flexibility index (Phi) is 2.00. The van der Waals surface area contributed by atoms with Crippen LogP contribution in [0.25, 0.3) is 0 Å². The van der Waals surface area contributed by atoms with E-state index >= 15 is 0 Å². The van der Waals surface area contributed by atoms with Crippen molar-refractivity contribution in [1.29, 1.82) is 5.26 Å². The lowest BCUT2D eigenvalue weighted by molar-refractivity contribution is 0.616. The average molecular weight is 209 g/mol. The lowest BCUT2D eigenvalue weighted by atomic mass is 10.0. The Bertz CT molecular complexity index is 545. The van der Waals surface area contributed by atoms with E-state index in [0.717, 1.165) is 12.8 Å². The van der Waals surface area contributed by atoms with Gasteiger partial charge in [-0.15, -0.1) is 0 Å². The number of aryl methyl sites for hydroxylation is 1. The summed E-state index contributed by atoms with van der Waals surface area (Å²) in [7, 11) is 0. The van der Waals surface area contributed by atoms with Gasteiger partial charge in [0.15, 0.2) is 0 Å². The largest absolute Gasteiger partial charge is 0.327 e. The fourth-order valence-corrected chi connectivity index (χ4v) is 2.34. The number of imidazole rings is 1. The quantitative estimate of drug-likeness (QED) is 0.723. The molecule has 0 bridgehead atoms. The second-order valence-electron chi connectivity index (χ2n) is 4.08. The van der Waals surface area contributed by atoms with Crippen LogP contribution in [0.1, 0.15) is 29.3 Å². The van der Waals surface area contributed by atoms with Gasteiger partial charge in [-0.25, -0.2) is 4.98 Å². The Labute approximate surface area is 94.0 Å². The van der Waals surface area contributed by atoms with Gasteiger partial charge in [0, 0.05) is 11.9 Å². The minimum atomic E-state index is 0.394. The zero-order chi connectivity index (χ0) is 11.0. The van der Waals surface area contributed by atoms with Gasteiger partial charge in [-0.3, -0.25) is 0 Å². The number of hydrogen-bond donors (Lipinski definition) is 0. The van der Waals surface area contributed by atoms with E-state index in [0.29, 0.717) is 11.6 Å². The van der Waals surface area contributed by atoms with E-state index in [2.05, 4.69) is 15.6 Å². The zero-order valence-corrected chi connectivity index (χ0v) is 8.80. The summed E-state index contributed by atoms with van der Waals surface area (Å²) >= 11 is 0. The van der Waals surface area contributed by atoms with Crippen LogP contribution in [0, 0.1) is 11.3 Å². The number of benzene rings is 1. The Morgan fingerprint density at radius 2 is 2.12 bits per heavy atom. The lowest BCUT2D eigenvalue weighted by Crippen LogP contribution is -2.04. The van der Waals surface area contributed by atoms with Crippen molar-refractivity contribution in [2.45, 2.75) is 18.9 Å². The molecule has 0 aliphatic carbocycles. The van der Waals surface area contributed by atoms with Crippen LogP contribution in [0.5, 0.6) is 0 Å². The van der Waals surface area contributed by atoms with Gasteiger partial charge in [0.25, 0.3) is 0 Å². The fraction of sp³-hybridized carbons (Fsp3) is 0.231. The highest BCUT2D eigenvalue weighted by molar-refractivity contribution is 5.34. The molecule has 0 spiro atoms. The van der Waals surface area contributed by atoms with Crippen molar-refractivity contribution < 1.29 is 0 Å². The summed E-state index contributed by atoms with van der Waals surface area (Å²) in [6.07, 6.45) is 6.04. The smallest absolute Gasteiger partial charge is 0.0991 e. The molecule has 1 aromatic carbocycles. The molecule has 3 rings (SSSR count). The highest BCUT2D eigenvalue weighted by atomic mass is 15.1. The van der Waals surface area contributed by atoms with Crippen LogP contribution in [0.4, 0.5) is 0 Å². The molecule has 1 aliphatic rings. The average Bonchev–Trinajstić information content (AvgIpc) is 2.91. The number of fused-ring (bicyclic) bond motifs is 1. The highest BCUT2D eigenvalue weighted by Crippen LogP contribution is 2.31. The Balaban J connectivity index is 1.97. The maximum absolute atomic E-state index is 8.75. The maximum atomic E-state index is 8.75. The molecule has 0 N–H and O–H groups in total. The van der Waals surface area contributed by atoms with E-state index in [-0.39, 0.29) is 0 Å². The Morgan fingerprint density at radius 3 is 2.88 bits per heavy atom. The fourth-order valence-electron chi connectivity index (χ4n) is 2.34. The van der Waals surface area contributed by atoms with E-state index < -0.39 is 0 Å². The van der Waals surface area contributed by atoms with Crippen LogP contribution in [0.2, 0.25) is 0 Å². The van der Waals surface area contributed by atoms with Crippen LogP contribution in [-0.2, 0) is 6.42 Å². The molecule has 0 unspecified atom stereocenters. The summed E-state index contributed by atoms with van der Waals surface area (Å²) in [6, 6.07) is 10.4. The van der Waals surface area contributed by atoms with Crippen molar-refractivity contribution in [2.24, 2.45) is 0 Å². The minimum Gasteiger partial charge on any atom is -0.327 e. The van der Waals surface area contributed by atoms with Crippen molar-refractivity contribution in [3.05, 3.63) is 53.6 Å². The van der Waals surface area contributed by atoms with Crippen molar-refractivity contribution >= 4 is 0 Å². The molecule has 0 saturated heterocycles. The normalized spacial score (nSPS) is 18.1. The van der Waals surface area contributed by atoms with Crippen molar-refractivity contribution in [3.8, 4) is 6.07 Å². The molecule has 0 radical (unpaired) electrons. The third-order valence-electron chi connectivity index (χ3n) is 3.18. The van der Waals surface area contributed by atoms with Crippen LogP contribution in [0.15, 0.2) is 36.8 Å². The molecule has 1 aliphatic heterocycles. The third kappa shape index (κ3) is 1.31. The molecule has 2 heterocycles. The molecule has 78 valence electrons. The molecule has 0 saturated carbocycles. The number of nitriles is 1. The number of hydrogen-bond acceptors (Lipinski definition) is 2. The first-order valence-corrected chi connectivity index (χ1v) is 5.39. The van der Waals surface area contributed by atoms with E-state index in [4.69, 9.17) is 5.26 Å². The summed E-state index contributed by atoms with van der Waals surface area (Å²) in [4.78, 5) is 4.16. The van der Waals surface area contributed by atoms with E-state index in [9.17, 15) is 0 Å². The molecule has 0 amide bonds. The number of nitrogens with zero attached hydrogens (tertiary/aromatic N) is 3. The van der Waals surface area contributed by atoms with Crippen molar-refractivity contribution in [1.82, 2.24) is 9.55 Å². The van der Waals surface area contributed by atoms with Crippen molar-refractivity contribution in [3.63, 3.8) is 0 Å². The van der Waals surface area contributed by atoms with Gasteiger partial charge in [-0.1, -0.05) is 12.1 Å². The van der Waals surface area contributed by atoms with Gasteiger partial charge in [0.05, 0.1) is 24.0 Å². The monoisotopic (exact) mass is 209 g/mol. The Hall–Kier alpha value is -2.08. The van der Waals surface area contributed by atoms with Gasteiger partial charge >= 0.3 is 0 Å². The first kappa shape index (κ1) is 9.17. The third-order valence-corrected chi connectivity index (χ3v) is 3.18. The predicted octanol–water partition coefficient (Wildman–Crippen LogP) is 2.29. The maximum Gasteiger partial charge on any atom is 0.0991 e. The first-order valence-electron chi connectivity index (χ1n) is 5.39. The summed E-state index contributed by atoms with van der Waals surface area (Å²) in [5.74, 6) is 0.